The zero-order chi connectivity index (χ0) is 25.5. The van der Waals surface area contributed by atoms with E-state index in [0.717, 1.165) is 16.0 Å². The Balaban J connectivity index is 1.43. The molecule has 0 spiro atoms. The molecule has 1 aliphatic rings. The molecule has 0 unspecified atom stereocenters. The van der Waals surface area contributed by atoms with Crippen molar-refractivity contribution in [2.75, 3.05) is 18.5 Å². The van der Waals surface area contributed by atoms with Gasteiger partial charge in [-0.3, -0.25) is 14.5 Å². The smallest absolute Gasteiger partial charge is 0.329 e. The molecule has 3 aromatic carbocycles. The molecule has 36 heavy (non-hydrogen) atoms. The Bertz CT molecular complexity index is 1290. The quantitative estimate of drug-likeness (QED) is 0.344. The zero-order valence-electron chi connectivity index (χ0n) is 20.1. The summed E-state index contributed by atoms with van der Waals surface area (Å²) in [6, 6.07) is 21.4. The van der Waals surface area contributed by atoms with Gasteiger partial charge in [-0.05, 0) is 55.3 Å². The molecule has 0 bridgehead atoms. The summed E-state index contributed by atoms with van der Waals surface area (Å²) in [7, 11) is 0. The van der Waals surface area contributed by atoms with Gasteiger partial charge < -0.3 is 20.1 Å². The van der Waals surface area contributed by atoms with Gasteiger partial charge in [-0.1, -0.05) is 54.1 Å². The summed E-state index contributed by atoms with van der Waals surface area (Å²) in [6.45, 7) is 4.18. The van der Waals surface area contributed by atoms with Crippen LogP contribution in [0, 0.1) is 6.92 Å². The maximum absolute atomic E-state index is 12.8. The SMILES string of the molecule is CCOc1cc(/C=C2\NC(=O)N(Cc3ccccc3)C2=O)ccc1OCC(=O)Nc1ccc(C)cc1. The van der Waals surface area contributed by atoms with Gasteiger partial charge in [-0.25, -0.2) is 4.79 Å². The molecule has 1 heterocycles. The molecule has 4 amide bonds. The van der Waals surface area contributed by atoms with Gasteiger partial charge in [0.25, 0.3) is 11.8 Å². The van der Waals surface area contributed by atoms with E-state index in [-0.39, 0.29) is 24.8 Å². The molecular weight excluding hydrogens is 458 g/mol. The number of carbonyl (C=O) groups is 3. The summed E-state index contributed by atoms with van der Waals surface area (Å²) in [5.74, 6) is 0.110. The number of ether oxygens (including phenoxy) is 2. The summed E-state index contributed by atoms with van der Waals surface area (Å²) in [6.07, 6.45) is 1.58. The largest absolute Gasteiger partial charge is 0.490 e. The lowest BCUT2D eigenvalue weighted by molar-refractivity contribution is -0.123. The number of amides is 4. The second kappa shape index (κ2) is 11.2. The summed E-state index contributed by atoms with van der Waals surface area (Å²) < 4.78 is 11.4. The highest BCUT2D eigenvalue weighted by molar-refractivity contribution is 6.13. The minimum Gasteiger partial charge on any atom is -0.490 e. The van der Waals surface area contributed by atoms with Crippen LogP contribution in [-0.4, -0.2) is 36.0 Å². The van der Waals surface area contributed by atoms with E-state index < -0.39 is 11.9 Å². The molecule has 1 saturated heterocycles. The maximum atomic E-state index is 12.8. The average Bonchev–Trinajstić information content (AvgIpc) is 3.13. The van der Waals surface area contributed by atoms with Gasteiger partial charge in [-0.2, -0.15) is 0 Å². The average molecular weight is 486 g/mol. The van der Waals surface area contributed by atoms with Crippen molar-refractivity contribution in [1.29, 1.82) is 0 Å². The highest BCUT2D eigenvalue weighted by Gasteiger charge is 2.33. The highest BCUT2D eigenvalue weighted by atomic mass is 16.5. The van der Waals surface area contributed by atoms with Crippen molar-refractivity contribution in [2.24, 2.45) is 0 Å². The first kappa shape index (κ1) is 24.5. The molecule has 1 aliphatic heterocycles. The van der Waals surface area contributed by atoms with E-state index in [1.165, 1.54) is 0 Å². The number of hydrogen-bond donors (Lipinski definition) is 2. The maximum Gasteiger partial charge on any atom is 0.329 e. The van der Waals surface area contributed by atoms with Crippen molar-refractivity contribution < 1.29 is 23.9 Å². The van der Waals surface area contributed by atoms with Crippen LogP contribution in [0.3, 0.4) is 0 Å². The number of imide groups is 1. The molecule has 0 saturated carbocycles. The number of rotatable bonds is 9. The Kier molecular flexibility index (Phi) is 7.65. The minimum absolute atomic E-state index is 0.171. The number of benzene rings is 3. The summed E-state index contributed by atoms with van der Waals surface area (Å²) in [5.41, 5.74) is 3.45. The number of carbonyl (C=O) groups excluding carboxylic acids is 3. The van der Waals surface area contributed by atoms with Crippen LogP contribution in [0.4, 0.5) is 10.5 Å². The third-order valence-electron chi connectivity index (χ3n) is 5.42. The van der Waals surface area contributed by atoms with Crippen LogP contribution in [0.25, 0.3) is 6.08 Å². The predicted molar refractivity (Wildman–Crippen MR) is 136 cm³/mol. The number of nitrogens with one attached hydrogen (secondary N) is 2. The van der Waals surface area contributed by atoms with E-state index in [0.29, 0.717) is 29.4 Å². The summed E-state index contributed by atoms with van der Waals surface area (Å²) in [4.78, 5) is 38.7. The lowest BCUT2D eigenvalue weighted by Crippen LogP contribution is -2.30. The summed E-state index contributed by atoms with van der Waals surface area (Å²) in [5, 5.41) is 5.41. The first-order chi connectivity index (χ1) is 17.4. The predicted octanol–water partition coefficient (Wildman–Crippen LogP) is 4.50. The fraction of sp³-hybridized carbons (Fsp3) is 0.179. The molecule has 0 atom stereocenters. The lowest BCUT2D eigenvalue weighted by atomic mass is 10.1. The van der Waals surface area contributed by atoms with E-state index in [2.05, 4.69) is 10.6 Å². The Hall–Kier alpha value is -4.59. The fourth-order valence-corrected chi connectivity index (χ4v) is 3.63. The molecule has 8 heteroatoms. The van der Waals surface area contributed by atoms with Crippen LogP contribution in [0.2, 0.25) is 0 Å². The van der Waals surface area contributed by atoms with Gasteiger partial charge >= 0.3 is 6.03 Å². The normalized spacial score (nSPS) is 14.1. The Labute approximate surface area is 209 Å². The van der Waals surface area contributed by atoms with E-state index in [1.807, 2.05) is 68.4 Å². The van der Waals surface area contributed by atoms with Gasteiger partial charge in [0.05, 0.1) is 13.2 Å². The van der Waals surface area contributed by atoms with E-state index in [1.54, 1.807) is 24.3 Å². The number of nitrogens with zero attached hydrogens (tertiary/aromatic N) is 1. The van der Waals surface area contributed by atoms with Crippen LogP contribution < -0.4 is 20.1 Å². The minimum atomic E-state index is -0.473. The second-order valence-electron chi connectivity index (χ2n) is 8.21. The third kappa shape index (κ3) is 6.09. The fourth-order valence-electron chi connectivity index (χ4n) is 3.63. The second-order valence-corrected chi connectivity index (χ2v) is 8.21. The molecular formula is C28H27N3O5. The monoisotopic (exact) mass is 485 g/mol. The molecule has 184 valence electrons. The van der Waals surface area contributed by atoms with Gasteiger partial charge in [0, 0.05) is 5.69 Å². The van der Waals surface area contributed by atoms with Crippen LogP contribution in [0.15, 0.2) is 78.5 Å². The van der Waals surface area contributed by atoms with Crippen molar-refractivity contribution in [3.05, 3.63) is 95.2 Å². The molecule has 0 aliphatic carbocycles. The molecule has 8 nitrogen and oxygen atoms in total. The number of anilines is 1. The van der Waals surface area contributed by atoms with Gasteiger partial charge in [0.2, 0.25) is 0 Å². The van der Waals surface area contributed by atoms with Gasteiger partial charge in [0.15, 0.2) is 18.1 Å². The highest BCUT2D eigenvalue weighted by Crippen LogP contribution is 2.30. The van der Waals surface area contributed by atoms with Crippen LogP contribution in [-0.2, 0) is 16.1 Å². The molecule has 4 rings (SSSR count). The molecule has 3 aromatic rings. The van der Waals surface area contributed by atoms with Gasteiger partial charge in [-0.15, -0.1) is 0 Å². The molecule has 1 fully saturated rings. The van der Waals surface area contributed by atoms with Crippen molar-refractivity contribution >= 4 is 29.6 Å². The standard InChI is InChI=1S/C28H27N3O5/c1-3-35-25-16-21(11-14-24(25)36-18-26(32)29-22-12-9-19(2)10-13-22)15-23-27(33)31(28(34)30-23)17-20-7-5-4-6-8-20/h4-16H,3,17-18H2,1-2H3,(H,29,32)(H,30,34)/b23-15-. The molecule has 0 aromatic heterocycles. The van der Waals surface area contributed by atoms with E-state index in [9.17, 15) is 14.4 Å². The topological polar surface area (TPSA) is 97.0 Å². The van der Waals surface area contributed by atoms with Crippen molar-refractivity contribution in [1.82, 2.24) is 10.2 Å². The van der Waals surface area contributed by atoms with E-state index in [4.69, 9.17) is 9.47 Å². The Morgan fingerprint density at radius 1 is 0.972 bits per heavy atom. The van der Waals surface area contributed by atoms with Crippen LogP contribution in [0.5, 0.6) is 11.5 Å². The Morgan fingerprint density at radius 3 is 2.44 bits per heavy atom. The van der Waals surface area contributed by atoms with Crippen molar-refractivity contribution in [3.63, 3.8) is 0 Å². The van der Waals surface area contributed by atoms with Gasteiger partial charge in [0.1, 0.15) is 5.70 Å². The van der Waals surface area contributed by atoms with Crippen LogP contribution >= 0.6 is 0 Å². The van der Waals surface area contributed by atoms with Crippen molar-refractivity contribution in [3.8, 4) is 11.5 Å². The Morgan fingerprint density at radius 2 is 1.72 bits per heavy atom. The zero-order valence-corrected chi connectivity index (χ0v) is 20.1. The molecule has 0 radical (unpaired) electrons. The third-order valence-corrected chi connectivity index (χ3v) is 5.42. The lowest BCUT2D eigenvalue weighted by Gasteiger charge is -2.13. The summed E-state index contributed by atoms with van der Waals surface area (Å²) >= 11 is 0. The number of aryl methyl sites for hydroxylation is 1. The number of urea groups is 1. The first-order valence-electron chi connectivity index (χ1n) is 11.6. The van der Waals surface area contributed by atoms with Crippen molar-refractivity contribution in [2.45, 2.75) is 20.4 Å². The number of hydrogen-bond acceptors (Lipinski definition) is 5. The van der Waals surface area contributed by atoms with Crippen LogP contribution in [0.1, 0.15) is 23.6 Å². The first-order valence-corrected chi connectivity index (χ1v) is 11.6. The molecule has 2 N–H and O–H groups in total. The van der Waals surface area contributed by atoms with E-state index >= 15 is 0 Å².